The maximum atomic E-state index is 12.5. The lowest BCUT2D eigenvalue weighted by atomic mass is 10.1. The molecule has 2 rings (SSSR count). The van der Waals surface area contributed by atoms with Crippen LogP contribution in [0.15, 0.2) is 59.5 Å². The summed E-state index contributed by atoms with van der Waals surface area (Å²) in [6.07, 6.45) is 0. The average molecular weight is 390 g/mol. The molecule has 0 heterocycles. The highest BCUT2D eigenvalue weighted by Crippen LogP contribution is 2.36. The van der Waals surface area contributed by atoms with Crippen LogP contribution in [0.2, 0.25) is 0 Å². The fourth-order valence-electron chi connectivity index (χ4n) is 2.04. The molecule has 0 saturated carbocycles. The van der Waals surface area contributed by atoms with Crippen molar-refractivity contribution in [3.8, 4) is 11.1 Å². The Bertz CT molecular complexity index is 837. The minimum atomic E-state index is -3.70. The second kappa shape index (κ2) is 8.72. The molecule has 0 aliphatic rings. The molecular formula is C14H16O7P2S. The van der Waals surface area contributed by atoms with E-state index in [1.165, 1.54) is 6.07 Å². The molecule has 0 aliphatic heterocycles. The highest BCUT2D eigenvalue weighted by atomic mass is 32.2. The van der Waals surface area contributed by atoms with Gasteiger partial charge in [-0.15, -0.1) is 0 Å². The highest BCUT2D eigenvalue weighted by Gasteiger charge is 2.19. The maximum absolute atomic E-state index is 12.5. The van der Waals surface area contributed by atoms with E-state index in [2.05, 4.69) is 8.83 Å². The van der Waals surface area contributed by atoms with Crippen molar-refractivity contribution in [1.82, 2.24) is 0 Å². The zero-order chi connectivity index (χ0) is 17.6. The van der Waals surface area contributed by atoms with Crippen LogP contribution in [0, 0.1) is 0 Å². The van der Waals surface area contributed by atoms with Crippen molar-refractivity contribution in [2.24, 2.45) is 0 Å². The molecule has 2 aromatic rings. The number of hydrogen-bond donors (Lipinski definition) is 1. The average Bonchev–Trinajstić information content (AvgIpc) is 2.55. The minimum absolute atomic E-state index is 0.135. The molecule has 10 heteroatoms. The van der Waals surface area contributed by atoms with Crippen molar-refractivity contribution in [3.63, 3.8) is 0 Å². The molecule has 0 saturated heterocycles. The van der Waals surface area contributed by atoms with Gasteiger partial charge in [0.15, 0.2) is 9.84 Å². The largest absolute Gasteiger partial charge is 0.326 e. The first-order chi connectivity index (χ1) is 11.4. The summed E-state index contributed by atoms with van der Waals surface area (Å²) in [4.78, 5) is 8.61. The Morgan fingerprint density at radius 1 is 0.958 bits per heavy atom. The third-order valence-corrected chi connectivity index (χ3v) is 6.58. The Morgan fingerprint density at radius 3 is 2.25 bits per heavy atom. The lowest BCUT2D eigenvalue weighted by Gasteiger charge is -2.11. The zero-order valence-electron chi connectivity index (χ0n) is 12.4. The molecule has 0 aromatic heterocycles. The fourth-order valence-corrected chi connectivity index (χ4v) is 4.59. The van der Waals surface area contributed by atoms with Crippen molar-refractivity contribution >= 4 is 26.3 Å². The SMILES string of the molecule is O=[PH](O)O[PH](=O)OCCS(=O)(=O)c1ccccc1-c1ccccc1. The monoisotopic (exact) mass is 390 g/mol. The standard InChI is InChI=1S/C14H16O7P2S/c15-22(16)21-23(17)20-10-11-24(18,19)14-9-5-4-8-13(14)12-6-2-1-3-7-12/h1-9,22-23H,10-11H2,(H,15,16). The van der Waals surface area contributed by atoms with E-state index < -0.39 is 38.7 Å². The van der Waals surface area contributed by atoms with Gasteiger partial charge in [0.05, 0.1) is 17.3 Å². The van der Waals surface area contributed by atoms with Gasteiger partial charge in [-0.05, 0) is 11.6 Å². The van der Waals surface area contributed by atoms with Gasteiger partial charge in [-0.2, -0.15) is 0 Å². The number of rotatable bonds is 8. The van der Waals surface area contributed by atoms with Crippen molar-refractivity contribution in [2.75, 3.05) is 12.4 Å². The Morgan fingerprint density at radius 2 is 1.58 bits per heavy atom. The van der Waals surface area contributed by atoms with E-state index in [9.17, 15) is 17.5 Å². The van der Waals surface area contributed by atoms with E-state index in [0.717, 1.165) is 5.56 Å². The van der Waals surface area contributed by atoms with E-state index in [4.69, 9.17) is 4.89 Å². The number of sulfone groups is 1. The van der Waals surface area contributed by atoms with Crippen molar-refractivity contribution in [2.45, 2.75) is 4.90 Å². The first kappa shape index (κ1) is 19.1. The second-order valence-corrected chi connectivity index (χ2v) is 8.86. The molecule has 0 radical (unpaired) electrons. The van der Waals surface area contributed by atoms with Gasteiger partial charge in [-0.3, -0.25) is 9.13 Å². The van der Waals surface area contributed by atoms with Gasteiger partial charge in [0.25, 0.3) is 0 Å². The summed E-state index contributed by atoms with van der Waals surface area (Å²) < 4.78 is 55.3. The molecule has 2 atom stereocenters. The normalized spacial score (nSPS) is 14.2. The lowest BCUT2D eigenvalue weighted by Crippen LogP contribution is -2.12. The topological polar surface area (TPSA) is 107 Å². The molecule has 1 N–H and O–H groups in total. The van der Waals surface area contributed by atoms with Crippen LogP contribution in [-0.2, 0) is 27.8 Å². The molecule has 0 spiro atoms. The summed E-state index contributed by atoms with van der Waals surface area (Å²) in [6.45, 7) is -0.404. The van der Waals surface area contributed by atoms with Crippen LogP contribution < -0.4 is 0 Å². The lowest BCUT2D eigenvalue weighted by molar-refractivity contribution is 0.295. The van der Waals surface area contributed by atoms with Gasteiger partial charge >= 0.3 is 16.5 Å². The Kier molecular flexibility index (Phi) is 6.92. The quantitative estimate of drug-likeness (QED) is 0.691. The molecule has 0 bridgehead atoms. The summed E-state index contributed by atoms with van der Waals surface area (Å²) in [5, 5.41) is 0. The molecule has 130 valence electrons. The van der Waals surface area contributed by atoms with Crippen molar-refractivity contribution in [1.29, 1.82) is 0 Å². The second-order valence-electron chi connectivity index (χ2n) is 4.65. The first-order valence-corrected chi connectivity index (χ1v) is 11.0. The van der Waals surface area contributed by atoms with E-state index >= 15 is 0 Å². The molecule has 0 aliphatic carbocycles. The molecule has 2 aromatic carbocycles. The zero-order valence-corrected chi connectivity index (χ0v) is 15.2. The summed E-state index contributed by atoms with van der Waals surface area (Å²) >= 11 is 0. The van der Waals surface area contributed by atoms with Crippen LogP contribution in [0.4, 0.5) is 0 Å². The highest BCUT2D eigenvalue weighted by molar-refractivity contribution is 7.91. The molecule has 2 unspecified atom stereocenters. The van der Waals surface area contributed by atoms with Gasteiger partial charge in [0.1, 0.15) is 0 Å². The van der Waals surface area contributed by atoms with Gasteiger partial charge in [-0.25, -0.2) is 12.7 Å². The summed E-state index contributed by atoms with van der Waals surface area (Å²) in [7, 11) is -10.3. The summed E-state index contributed by atoms with van der Waals surface area (Å²) in [6, 6.07) is 15.6. The molecule has 0 fully saturated rings. The maximum Gasteiger partial charge on any atom is 0.326 e. The van der Waals surface area contributed by atoms with Gasteiger partial charge < -0.3 is 9.42 Å². The van der Waals surface area contributed by atoms with Gasteiger partial charge in [0, 0.05) is 5.56 Å². The molecule has 24 heavy (non-hydrogen) atoms. The van der Waals surface area contributed by atoms with Gasteiger partial charge in [-0.1, -0.05) is 48.5 Å². The van der Waals surface area contributed by atoms with E-state index in [0.29, 0.717) is 5.56 Å². The molecule has 7 nitrogen and oxygen atoms in total. The first-order valence-electron chi connectivity index (χ1n) is 6.85. The Balaban J connectivity index is 2.16. The van der Waals surface area contributed by atoms with Crippen molar-refractivity contribution < 1.29 is 31.3 Å². The predicted octanol–water partition coefficient (Wildman–Crippen LogP) is 2.93. The van der Waals surface area contributed by atoms with Crippen LogP contribution in [0.5, 0.6) is 0 Å². The Hall–Kier alpha value is -1.27. The van der Waals surface area contributed by atoms with Crippen LogP contribution in [0.1, 0.15) is 0 Å². The molecule has 0 amide bonds. The van der Waals surface area contributed by atoms with Crippen LogP contribution >= 0.6 is 16.5 Å². The minimum Gasteiger partial charge on any atom is -0.326 e. The van der Waals surface area contributed by atoms with Crippen molar-refractivity contribution in [3.05, 3.63) is 54.6 Å². The fraction of sp³-hybridized carbons (Fsp3) is 0.143. The Labute approximate surface area is 141 Å². The van der Waals surface area contributed by atoms with Crippen LogP contribution in [0.3, 0.4) is 0 Å². The summed E-state index contributed by atoms with van der Waals surface area (Å²) in [5.41, 5.74) is 1.32. The third kappa shape index (κ3) is 5.38. The summed E-state index contributed by atoms with van der Waals surface area (Å²) in [5.74, 6) is -0.428. The van der Waals surface area contributed by atoms with E-state index in [-0.39, 0.29) is 4.90 Å². The number of benzene rings is 2. The smallest absolute Gasteiger partial charge is 0.326 e. The third-order valence-electron chi connectivity index (χ3n) is 3.05. The van der Waals surface area contributed by atoms with Gasteiger partial charge in [0.2, 0.25) is 0 Å². The van der Waals surface area contributed by atoms with E-state index in [1.54, 1.807) is 30.3 Å². The van der Waals surface area contributed by atoms with E-state index in [1.807, 2.05) is 18.2 Å². The predicted molar refractivity (Wildman–Crippen MR) is 91.2 cm³/mol. The molecular weight excluding hydrogens is 374 g/mol. The van der Waals surface area contributed by atoms with Crippen LogP contribution in [-0.4, -0.2) is 25.7 Å². The number of hydrogen-bond acceptors (Lipinski definition) is 6. The van der Waals surface area contributed by atoms with Crippen LogP contribution in [0.25, 0.3) is 11.1 Å².